The molecular formula is C14H12N2O. The molecule has 0 aliphatic carbocycles. The fraction of sp³-hybridized carbons (Fsp3) is 0.143. The van der Waals surface area contributed by atoms with Crippen molar-refractivity contribution < 1.29 is 4.52 Å². The van der Waals surface area contributed by atoms with Gasteiger partial charge in [0.05, 0.1) is 0 Å². The van der Waals surface area contributed by atoms with Crippen molar-refractivity contribution in [2.75, 3.05) is 0 Å². The lowest BCUT2D eigenvalue weighted by Gasteiger charge is -2.01. The smallest absolute Gasteiger partial charge is 0.223 e. The summed E-state index contributed by atoms with van der Waals surface area (Å²) in [6.07, 6.45) is 0. The number of rotatable bonds is 1. The lowest BCUT2D eigenvalue weighted by atomic mass is 10.0. The molecule has 0 saturated carbocycles. The molecule has 1 aromatic heterocycles. The molecule has 2 aromatic carbocycles. The van der Waals surface area contributed by atoms with Crippen LogP contribution in [0.2, 0.25) is 0 Å². The zero-order valence-electron chi connectivity index (χ0n) is 9.77. The molecule has 0 radical (unpaired) electrons. The third-order valence-electron chi connectivity index (χ3n) is 2.78. The van der Waals surface area contributed by atoms with Crippen LogP contribution in [-0.2, 0) is 0 Å². The van der Waals surface area contributed by atoms with E-state index in [0.29, 0.717) is 11.7 Å². The first-order chi connectivity index (χ1) is 8.22. The summed E-state index contributed by atoms with van der Waals surface area (Å²) >= 11 is 0. The van der Waals surface area contributed by atoms with Gasteiger partial charge in [-0.05, 0) is 23.8 Å². The Labute approximate surface area is 99.1 Å². The van der Waals surface area contributed by atoms with E-state index in [9.17, 15) is 0 Å². The summed E-state index contributed by atoms with van der Waals surface area (Å²) < 4.78 is 4.99. The molecule has 0 aliphatic heterocycles. The first-order valence-corrected chi connectivity index (χ1v) is 5.53. The van der Waals surface area contributed by atoms with Crippen LogP contribution in [-0.4, -0.2) is 10.1 Å². The van der Waals surface area contributed by atoms with Crippen molar-refractivity contribution in [3.05, 3.63) is 47.9 Å². The van der Waals surface area contributed by atoms with E-state index in [2.05, 4.69) is 47.4 Å². The van der Waals surface area contributed by atoms with E-state index < -0.39 is 0 Å². The number of fused-ring (bicyclic) bond motifs is 1. The number of aromatic nitrogens is 2. The second-order valence-electron chi connectivity index (χ2n) is 4.20. The molecule has 0 atom stereocenters. The fourth-order valence-electron chi connectivity index (χ4n) is 1.92. The van der Waals surface area contributed by atoms with Crippen molar-refractivity contribution in [3.63, 3.8) is 0 Å². The van der Waals surface area contributed by atoms with Gasteiger partial charge in [-0.1, -0.05) is 41.1 Å². The van der Waals surface area contributed by atoms with Gasteiger partial charge in [-0.25, -0.2) is 0 Å². The zero-order chi connectivity index (χ0) is 11.8. The minimum Gasteiger partial charge on any atom is -0.339 e. The van der Waals surface area contributed by atoms with E-state index in [1.54, 1.807) is 6.92 Å². The van der Waals surface area contributed by atoms with Gasteiger partial charge in [0, 0.05) is 12.5 Å². The van der Waals surface area contributed by atoms with Crippen LogP contribution in [0, 0.1) is 13.8 Å². The average molecular weight is 224 g/mol. The zero-order valence-corrected chi connectivity index (χ0v) is 9.77. The van der Waals surface area contributed by atoms with E-state index in [1.807, 2.05) is 6.07 Å². The van der Waals surface area contributed by atoms with E-state index in [-0.39, 0.29) is 0 Å². The summed E-state index contributed by atoms with van der Waals surface area (Å²) in [5.41, 5.74) is 2.24. The van der Waals surface area contributed by atoms with Gasteiger partial charge in [0.15, 0.2) is 0 Å². The van der Waals surface area contributed by atoms with Crippen LogP contribution < -0.4 is 0 Å². The molecule has 0 aliphatic rings. The van der Waals surface area contributed by atoms with Crippen LogP contribution >= 0.6 is 0 Å². The maximum Gasteiger partial charge on any atom is 0.223 e. The number of hydrogen-bond donors (Lipinski definition) is 0. The lowest BCUT2D eigenvalue weighted by molar-refractivity contribution is 0.394. The predicted molar refractivity (Wildman–Crippen MR) is 66.7 cm³/mol. The standard InChI is InChI=1S/C14H12N2O/c1-9-3-4-11-5-6-12(8-13(11)7-9)14-15-10(2)17-16-14/h3-8H,1-2H3. The van der Waals surface area contributed by atoms with Crippen molar-refractivity contribution >= 4 is 10.8 Å². The van der Waals surface area contributed by atoms with Crippen molar-refractivity contribution in [2.24, 2.45) is 0 Å². The molecule has 1 heterocycles. The molecule has 0 N–H and O–H groups in total. The normalized spacial score (nSPS) is 10.9. The van der Waals surface area contributed by atoms with E-state index >= 15 is 0 Å². The first kappa shape index (κ1) is 10.0. The predicted octanol–water partition coefficient (Wildman–Crippen LogP) is 3.51. The Kier molecular flexibility index (Phi) is 2.18. The van der Waals surface area contributed by atoms with E-state index in [1.165, 1.54) is 16.3 Å². The van der Waals surface area contributed by atoms with Crippen LogP contribution in [0.1, 0.15) is 11.5 Å². The molecule has 3 heteroatoms. The highest BCUT2D eigenvalue weighted by molar-refractivity contribution is 5.86. The molecule has 3 nitrogen and oxygen atoms in total. The molecule has 17 heavy (non-hydrogen) atoms. The molecule has 3 rings (SSSR count). The fourth-order valence-corrected chi connectivity index (χ4v) is 1.92. The van der Waals surface area contributed by atoms with Gasteiger partial charge in [-0.15, -0.1) is 0 Å². The molecule has 0 amide bonds. The van der Waals surface area contributed by atoms with Crippen LogP contribution in [0.3, 0.4) is 0 Å². The molecule has 0 saturated heterocycles. The van der Waals surface area contributed by atoms with Crippen LogP contribution in [0.15, 0.2) is 40.9 Å². The van der Waals surface area contributed by atoms with Gasteiger partial charge in [-0.2, -0.15) is 4.98 Å². The Hall–Kier alpha value is -2.16. The number of benzene rings is 2. The number of aryl methyl sites for hydroxylation is 2. The molecule has 0 fully saturated rings. The third-order valence-corrected chi connectivity index (χ3v) is 2.78. The van der Waals surface area contributed by atoms with Crippen LogP contribution in [0.25, 0.3) is 22.2 Å². The Morgan fingerprint density at radius 2 is 1.76 bits per heavy atom. The topological polar surface area (TPSA) is 38.9 Å². The summed E-state index contributed by atoms with van der Waals surface area (Å²) in [6.45, 7) is 3.88. The van der Waals surface area contributed by atoms with Crippen molar-refractivity contribution in [1.82, 2.24) is 10.1 Å². The molecule has 3 aromatic rings. The molecule has 0 unspecified atom stereocenters. The Morgan fingerprint density at radius 3 is 2.53 bits per heavy atom. The highest BCUT2D eigenvalue weighted by atomic mass is 16.5. The second-order valence-corrected chi connectivity index (χ2v) is 4.20. The maximum absolute atomic E-state index is 4.99. The highest BCUT2D eigenvalue weighted by Crippen LogP contribution is 2.23. The number of nitrogens with zero attached hydrogens (tertiary/aromatic N) is 2. The maximum atomic E-state index is 4.99. The Morgan fingerprint density at radius 1 is 0.941 bits per heavy atom. The van der Waals surface area contributed by atoms with E-state index in [0.717, 1.165) is 5.56 Å². The summed E-state index contributed by atoms with van der Waals surface area (Å²) in [4.78, 5) is 4.23. The first-order valence-electron chi connectivity index (χ1n) is 5.53. The van der Waals surface area contributed by atoms with Crippen molar-refractivity contribution in [3.8, 4) is 11.4 Å². The summed E-state index contributed by atoms with van der Waals surface area (Å²) in [5, 5.41) is 6.35. The second kappa shape index (κ2) is 3.70. The molecule has 84 valence electrons. The minimum atomic E-state index is 0.587. The minimum absolute atomic E-state index is 0.587. The summed E-state index contributed by atoms with van der Waals surface area (Å²) in [5.74, 6) is 1.23. The Balaban J connectivity index is 2.18. The van der Waals surface area contributed by atoms with Gasteiger partial charge in [0.1, 0.15) is 0 Å². The van der Waals surface area contributed by atoms with Gasteiger partial charge >= 0.3 is 0 Å². The number of hydrogen-bond acceptors (Lipinski definition) is 3. The van der Waals surface area contributed by atoms with Crippen LogP contribution in [0.4, 0.5) is 0 Å². The van der Waals surface area contributed by atoms with Gasteiger partial charge in [0.2, 0.25) is 11.7 Å². The highest BCUT2D eigenvalue weighted by Gasteiger charge is 2.06. The van der Waals surface area contributed by atoms with Crippen molar-refractivity contribution in [2.45, 2.75) is 13.8 Å². The Bertz CT molecular complexity index is 686. The largest absolute Gasteiger partial charge is 0.339 e. The molecular weight excluding hydrogens is 212 g/mol. The van der Waals surface area contributed by atoms with Crippen molar-refractivity contribution in [1.29, 1.82) is 0 Å². The average Bonchev–Trinajstić information content (AvgIpc) is 2.75. The molecule has 0 spiro atoms. The quantitative estimate of drug-likeness (QED) is 0.635. The third kappa shape index (κ3) is 1.80. The van der Waals surface area contributed by atoms with Gasteiger partial charge in [-0.3, -0.25) is 0 Å². The lowest BCUT2D eigenvalue weighted by Crippen LogP contribution is -1.82. The molecule has 0 bridgehead atoms. The van der Waals surface area contributed by atoms with Gasteiger partial charge in [0.25, 0.3) is 0 Å². The van der Waals surface area contributed by atoms with E-state index in [4.69, 9.17) is 4.52 Å². The monoisotopic (exact) mass is 224 g/mol. The summed E-state index contributed by atoms with van der Waals surface area (Å²) in [6, 6.07) is 12.6. The van der Waals surface area contributed by atoms with Gasteiger partial charge < -0.3 is 4.52 Å². The summed E-state index contributed by atoms with van der Waals surface area (Å²) in [7, 11) is 0. The van der Waals surface area contributed by atoms with Crippen LogP contribution in [0.5, 0.6) is 0 Å². The SMILES string of the molecule is Cc1ccc2ccc(-c3noc(C)n3)cc2c1.